The Bertz CT molecular complexity index is 1980. The van der Waals surface area contributed by atoms with Gasteiger partial charge in [0.05, 0.1) is 18.0 Å². The minimum Gasteiger partial charge on any atom is -0.283 e. The third-order valence-corrected chi connectivity index (χ3v) is 8.34. The summed E-state index contributed by atoms with van der Waals surface area (Å²) in [4.78, 5) is 10.0. The maximum absolute atomic E-state index is 5.13. The molecular formula is C41H32N2. The van der Waals surface area contributed by atoms with E-state index in [1.807, 2.05) is 12.3 Å². The summed E-state index contributed by atoms with van der Waals surface area (Å²) in [7, 11) is 0. The topological polar surface area (TPSA) is 25.2 Å². The highest BCUT2D eigenvalue weighted by molar-refractivity contribution is 6.15. The SMILES string of the molecule is CC1(/C=C\c2cnc(-c3ccccc3)cc2-c2ccccc2)CN=C(c2ccccc2)C=C1c1cccc2ccccc12. The van der Waals surface area contributed by atoms with Gasteiger partial charge in [0.1, 0.15) is 0 Å². The van der Waals surface area contributed by atoms with Crippen molar-refractivity contribution in [3.05, 3.63) is 175 Å². The van der Waals surface area contributed by atoms with Crippen LogP contribution >= 0.6 is 0 Å². The van der Waals surface area contributed by atoms with Crippen LogP contribution < -0.4 is 0 Å². The van der Waals surface area contributed by atoms with Crippen LogP contribution in [0.5, 0.6) is 0 Å². The Hall–Kier alpha value is -5.34. The first kappa shape index (κ1) is 26.6. The molecule has 1 atom stereocenters. The van der Waals surface area contributed by atoms with Crippen LogP contribution in [-0.4, -0.2) is 17.2 Å². The summed E-state index contributed by atoms with van der Waals surface area (Å²) in [5.41, 5.74) is 9.84. The number of benzene rings is 5. The first-order chi connectivity index (χ1) is 21.2. The van der Waals surface area contributed by atoms with Crippen LogP contribution in [0, 0.1) is 5.41 Å². The molecule has 1 unspecified atom stereocenters. The van der Waals surface area contributed by atoms with Gasteiger partial charge in [-0.15, -0.1) is 0 Å². The van der Waals surface area contributed by atoms with E-state index in [4.69, 9.17) is 9.98 Å². The fraction of sp³-hybridized carbons (Fsp3) is 0.0732. The predicted molar refractivity (Wildman–Crippen MR) is 182 cm³/mol. The van der Waals surface area contributed by atoms with E-state index < -0.39 is 0 Å². The second kappa shape index (κ2) is 11.5. The first-order valence-corrected chi connectivity index (χ1v) is 14.8. The zero-order valence-corrected chi connectivity index (χ0v) is 24.2. The molecule has 0 radical (unpaired) electrons. The van der Waals surface area contributed by atoms with Crippen molar-refractivity contribution >= 4 is 28.1 Å². The third-order valence-electron chi connectivity index (χ3n) is 8.34. The van der Waals surface area contributed by atoms with Gasteiger partial charge in [-0.1, -0.05) is 153 Å². The van der Waals surface area contributed by atoms with Crippen molar-refractivity contribution in [1.82, 2.24) is 4.98 Å². The highest BCUT2D eigenvalue weighted by Gasteiger charge is 2.31. The molecule has 6 aromatic rings. The van der Waals surface area contributed by atoms with Crippen molar-refractivity contribution < 1.29 is 0 Å². The number of rotatable bonds is 6. The molecule has 0 saturated carbocycles. The van der Waals surface area contributed by atoms with Crippen molar-refractivity contribution in [3.8, 4) is 22.4 Å². The maximum Gasteiger partial charge on any atom is 0.0708 e. The molecule has 0 saturated heterocycles. The maximum atomic E-state index is 5.13. The van der Waals surface area contributed by atoms with Crippen LogP contribution in [0.25, 0.3) is 44.8 Å². The number of hydrogen-bond donors (Lipinski definition) is 0. The Morgan fingerprint density at radius 2 is 1.26 bits per heavy atom. The zero-order valence-electron chi connectivity index (χ0n) is 24.2. The Balaban J connectivity index is 1.35. The second-order valence-corrected chi connectivity index (χ2v) is 11.3. The first-order valence-electron chi connectivity index (χ1n) is 14.8. The number of pyridine rings is 1. The molecule has 2 nitrogen and oxygen atoms in total. The predicted octanol–water partition coefficient (Wildman–Crippen LogP) is 10.2. The van der Waals surface area contributed by atoms with Gasteiger partial charge in [0.15, 0.2) is 0 Å². The lowest BCUT2D eigenvalue weighted by Crippen LogP contribution is -2.25. The van der Waals surface area contributed by atoms with Gasteiger partial charge in [0.2, 0.25) is 0 Å². The highest BCUT2D eigenvalue weighted by Crippen LogP contribution is 2.43. The summed E-state index contributed by atoms with van der Waals surface area (Å²) in [5.74, 6) is 0. The zero-order chi connectivity index (χ0) is 29.1. The van der Waals surface area contributed by atoms with Crippen LogP contribution in [0.3, 0.4) is 0 Å². The largest absolute Gasteiger partial charge is 0.283 e. The molecule has 2 heteroatoms. The van der Waals surface area contributed by atoms with Gasteiger partial charge in [-0.3, -0.25) is 9.98 Å². The molecule has 206 valence electrons. The molecular weight excluding hydrogens is 520 g/mol. The number of hydrogen-bond acceptors (Lipinski definition) is 2. The summed E-state index contributed by atoms with van der Waals surface area (Å²) < 4.78 is 0. The summed E-state index contributed by atoms with van der Waals surface area (Å²) in [6.07, 6.45) is 8.87. The van der Waals surface area contributed by atoms with Crippen LogP contribution in [-0.2, 0) is 0 Å². The molecule has 0 N–H and O–H groups in total. The molecule has 0 spiro atoms. The van der Waals surface area contributed by atoms with Crippen molar-refractivity contribution in [2.75, 3.05) is 6.54 Å². The quantitative estimate of drug-likeness (QED) is 0.202. The van der Waals surface area contributed by atoms with Gasteiger partial charge in [-0.05, 0) is 50.7 Å². The second-order valence-electron chi connectivity index (χ2n) is 11.3. The summed E-state index contributed by atoms with van der Waals surface area (Å²) in [6.45, 7) is 2.95. The van der Waals surface area contributed by atoms with Gasteiger partial charge in [0, 0.05) is 22.7 Å². The fourth-order valence-electron chi connectivity index (χ4n) is 5.96. The van der Waals surface area contributed by atoms with Gasteiger partial charge in [0.25, 0.3) is 0 Å². The molecule has 0 amide bonds. The monoisotopic (exact) mass is 552 g/mol. The Morgan fingerprint density at radius 3 is 2.00 bits per heavy atom. The van der Waals surface area contributed by atoms with E-state index in [1.54, 1.807) is 0 Å². The smallest absolute Gasteiger partial charge is 0.0708 e. The third kappa shape index (κ3) is 5.36. The molecule has 7 rings (SSSR count). The summed E-state index contributed by atoms with van der Waals surface area (Å²) in [5, 5.41) is 2.49. The van der Waals surface area contributed by atoms with Crippen molar-refractivity contribution in [2.45, 2.75) is 6.92 Å². The Labute approximate surface area is 253 Å². The average molecular weight is 553 g/mol. The lowest BCUT2D eigenvalue weighted by atomic mass is 9.74. The highest BCUT2D eigenvalue weighted by atomic mass is 14.8. The molecule has 0 fully saturated rings. The van der Waals surface area contributed by atoms with Crippen LogP contribution in [0.15, 0.2) is 163 Å². The minimum absolute atomic E-state index is 0.325. The molecule has 0 aliphatic carbocycles. The van der Waals surface area contributed by atoms with Gasteiger partial charge < -0.3 is 0 Å². The molecule has 43 heavy (non-hydrogen) atoms. The number of dihydropyridines is 1. The van der Waals surface area contributed by atoms with E-state index >= 15 is 0 Å². The number of aromatic nitrogens is 1. The Morgan fingerprint density at radius 1 is 0.628 bits per heavy atom. The molecule has 1 aliphatic heterocycles. The lowest BCUT2D eigenvalue weighted by molar-refractivity contribution is 0.588. The molecule has 0 bridgehead atoms. The van der Waals surface area contributed by atoms with E-state index in [1.165, 1.54) is 27.5 Å². The Kier molecular flexibility index (Phi) is 7.10. The van der Waals surface area contributed by atoms with Crippen LogP contribution in [0.4, 0.5) is 0 Å². The van der Waals surface area contributed by atoms with E-state index in [0.717, 1.165) is 33.7 Å². The fourth-order valence-corrected chi connectivity index (χ4v) is 5.96. The molecule has 1 aromatic heterocycles. The van der Waals surface area contributed by atoms with E-state index in [2.05, 4.69) is 159 Å². The normalized spacial score (nSPS) is 16.7. The van der Waals surface area contributed by atoms with E-state index in [0.29, 0.717) is 6.54 Å². The molecule has 1 aliphatic rings. The minimum atomic E-state index is -0.325. The average Bonchev–Trinajstić information content (AvgIpc) is 3.08. The number of aliphatic imine (C=N–C) groups is 1. The van der Waals surface area contributed by atoms with Crippen LogP contribution in [0.2, 0.25) is 0 Å². The van der Waals surface area contributed by atoms with E-state index in [9.17, 15) is 0 Å². The molecule has 5 aromatic carbocycles. The van der Waals surface area contributed by atoms with E-state index in [-0.39, 0.29) is 5.41 Å². The summed E-state index contributed by atoms with van der Waals surface area (Å²) in [6, 6.07) is 48.9. The summed E-state index contributed by atoms with van der Waals surface area (Å²) >= 11 is 0. The number of nitrogens with zero attached hydrogens (tertiary/aromatic N) is 2. The number of fused-ring (bicyclic) bond motifs is 1. The van der Waals surface area contributed by atoms with Crippen molar-refractivity contribution in [1.29, 1.82) is 0 Å². The van der Waals surface area contributed by atoms with Gasteiger partial charge in [-0.25, -0.2) is 0 Å². The van der Waals surface area contributed by atoms with Crippen molar-refractivity contribution in [2.24, 2.45) is 10.4 Å². The van der Waals surface area contributed by atoms with Crippen molar-refractivity contribution in [3.63, 3.8) is 0 Å². The standard InChI is InChI=1S/C41H32N2/c1-41(25-24-34-28-42-39(32-17-7-3-8-18-32)26-37(34)31-14-5-2-6-15-31)29-43-40(33-19-9-4-10-20-33)27-38(41)36-23-13-21-30-16-11-12-22-35(30)36/h2-28H,29H2,1H3/b25-24-. The van der Waals surface area contributed by atoms with Gasteiger partial charge in [-0.2, -0.15) is 0 Å². The van der Waals surface area contributed by atoms with Crippen LogP contribution in [0.1, 0.15) is 23.6 Å². The lowest BCUT2D eigenvalue weighted by Gasteiger charge is -2.32. The number of allylic oxidation sites excluding steroid dienone is 1. The molecule has 2 heterocycles. The van der Waals surface area contributed by atoms with Gasteiger partial charge >= 0.3 is 0 Å².